The van der Waals surface area contributed by atoms with Crippen LogP contribution in [0, 0.1) is 0 Å². The lowest BCUT2D eigenvalue weighted by Gasteiger charge is -2.34. The maximum atomic E-state index is 12.2. The Bertz CT molecular complexity index is 310. The molecule has 3 atom stereocenters. The van der Waals surface area contributed by atoms with Crippen molar-refractivity contribution in [3.05, 3.63) is 0 Å². The Morgan fingerprint density at radius 1 is 1.32 bits per heavy atom. The Hall–Kier alpha value is -0.780. The average Bonchev–Trinajstić information content (AvgIpc) is 2.63. The molecule has 0 aromatic rings. The van der Waals surface area contributed by atoms with E-state index in [1.165, 1.54) is 11.9 Å². The Kier molecular flexibility index (Phi) is 5.24. The van der Waals surface area contributed by atoms with Crippen LogP contribution < -0.4 is 0 Å². The maximum Gasteiger partial charge on any atom is 0.390 e. The van der Waals surface area contributed by atoms with Crippen LogP contribution in [0.1, 0.15) is 40.0 Å². The summed E-state index contributed by atoms with van der Waals surface area (Å²) < 4.78 is 36.5. The Balaban J connectivity index is 2.56. The number of halogens is 3. The van der Waals surface area contributed by atoms with Crippen LogP contribution in [-0.4, -0.2) is 53.6 Å². The quantitative estimate of drug-likeness (QED) is 0.790. The van der Waals surface area contributed by atoms with Crippen LogP contribution in [0.2, 0.25) is 0 Å². The predicted octanol–water partition coefficient (Wildman–Crippen LogP) is 2.66. The monoisotopic (exact) mass is 280 g/mol. The molecule has 6 heteroatoms. The van der Waals surface area contributed by atoms with Gasteiger partial charge >= 0.3 is 6.18 Å². The fraction of sp³-hybridized carbons (Fsp3) is 0.923. The minimum atomic E-state index is -4.22. The molecule has 0 aromatic heterocycles. The number of likely N-dealkylation sites (tertiary alicyclic amines) is 1. The smallest absolute Gasteiger partial charge is 0.344 e. The normalized spacial score (nSPS) is 26.5. The van der Waals surface area contributed by atoms with Crippen LogP contribution >= 0.6 is 0 Å². The third-order valence-corrected chi connectivity index (χ3v) is 3.93. The molecule has 1 heterocycles. The highest BCUT2D eigenvalue weighted by molar-refractivity contribution is 5.81. The lowest BCUT2D eigenvalue weighted by Crippen LogP contribution is -2.50. The van der Waals surface area contributed by atoms with Crippen molar-refractivity contribution in [1.29, 1.82) is 0 Å². The highest BCUT2D eigenvalue weighted by atomic mass is 19.4. The van der Waals surface area contributed by atoms with Gasteiger partial charge in [-0.05, 0) is 33.6 Å². The highest BCUT2D eigenvalue weighted by Gasteiger charge is 2.36. The standard InChI is InChI=1S/C13H23F3N2O/c1-9-5-6-10(2)18(9)11(3)12(19)17(4)8-7-13(14,15)16/h9-11H,5-8H2,1-4H3/t9-,10+,11-/m0/s1. The number of carbonyl (C=O) groups excluding carboxylic acids is 1. The molecule has 19 heavy (non-hydrogen) atoms. The van der Waals surface area contributed by atoms with E-state index < -0.39 is 12.6 Å². The van der Waals surface area contributed by atoms with Gasteiger partial charge in [0.05, 0.1) is 12.5 Å². The summed E-state index contributed by atoms with van der Waals surface area (Å²) >= 11 is 0. The Morgan fingerprint density at radius 3 is 2.21 bits per heavy atom. The summed E-state index contributed by atoms with van der Waals surface area (Å²) in [5, 5.41) is 0. The maximum absolute atomic E-state index is 12.2. The lowest BCUT2D eigenvalue weighted by atomic mass is 10.2. The van der Waals surface area contributed by atoms with E-state index in [-0.39, 0.29) is 18.5 Å². The number of hydrogen-bond acceptors (Lipinski definition) is 2. The number of amides is 1. The Morgan fingerprint density at radius 2 is 1.79 bits per heavy atom. The fourth-order valence-corrected chi connectivity index (χ4v) is 2.83. The van der Waals surface area contributed by atoms with E-state index in [9.17, 15) is 18.0 Å². The van der Waals surface area contributed by atoms with Gasteiger partial charge in [0, 0.05) is 25.7 Å². The first-order chi connectivity index (χ1) is 8.63. The van der Waals surface area contributed by atoms with E-state index in [1.54, 1.807) is 6.92 Å². The number of carbonyl (C=O) groups is 1. The molecule has 0 radical (unpaired) electrons. The van der Waals surface area contributed by atoms with Crippen molar-refractivity contribution in [2.75, 3.05) is 13.6 Å². The van der Waals surface area contributed by atoms with E-state index in [0.29, 0.717) is 12.1 Å². The van der Waals surface area contributed by atoms with Crippen molar-refractivity contribution in [2.24, 2.45) is 0 Å². The topological polar surface area (TPSA) is 23.6 Å². The second-order valence-electron chi connectivity index (χ2n) is 5.52. The van der Waals surface area contributed by atoms with Gasteiger partial charge in [0.15, 0.2) is 0 Å². The summed E-state index contributed by atoms with van der Waals surface area (Å²) in [5.41, 5.74) is 0. The van der Waals surface area contributed by atoms with Crippen LogP contribution in [0.4, 0.5) is 13.2 Å². The second kappa shape index (κ2) is 6.11. The molecule has 0 unspecified atom stereocenters. The number of rotatable bonds is 4. The van der Waals surface area contributed by atoms with Crippen LogP contribution in [-0.2, 0) is 4.79 Å². The molecule has 1 fully saturated rings. The summed E-state index contributed by atoms with van der Waals surface area (Å²) in [4.78, 5) is 15.4. The molecule has 0 aliphatic carbocycles. The van der Waals surface area contributed by atoms with E-state index in [0.717, 1.165) is 12.8 Å². The summed E-state index contributed by atoms with van der Waals surface area (Å²) in [5.74, 6) is -0.232. The van der Waals surface area contributed by atoms with E-state index in [2.05, 4.69) is 18.7 Å². The molecule has 1 saturated heterocycles. The van der Waals surface area contributed by atoms with E-state index >= 15 is 0 Å². The van der Waals surface area contributed by atoms with Gasteiger partial charge in [0.1, 0.15) is 0 Å². The molecule has 0 N–H and O–H groups in total. The largest absolute Gasteiger partial charge is 0.390 e. The number of nitrogens with zero attached hydrogens (tertiary/aromatic N) is 2. The minimum Gasteiger partial charge on any atom is -0.344 e. The van der Waals surface area contributed by atoms with Crippen LogP contribution in [0.25, 0.3) is 0 Å². The summed E-state index contributed by atoms with van der Waals surface area (Å²) in [6.07, 6.45) is -3.10. The van der Waals surface area contributed by atoms with Crippen molar-refractivity contribution in [1.82, 2.24) is 9.80 Å². The van der Waals surface area contributed by atoms with Gasteiger partial charge in [0.25, 0.3) is 0 Å². The minimum absolute atomic E-state index is 0.232. The first-order valence-corrected chi connectivity index (χ1v) is 6.72. The predicted molar refractivity (Wildman–Crippen MR) is 67.8 cm³/mol. The van der Waals surface area contributed by atoms with Crippen molar-refractivity contribution < 1.29 is 18.0 Å². The SMILES string of the molecule is C[C@@H]1CC[C@H](C)N1[C@@H](C)C(=O)N(C)CCC(F)(F)F. The molecular weight excluding hydrogens is 257 g/mol. The van der Waals surface area contributed by atoms with Gasteiger partial charge in [-0.2, -0.15) is 13.2 Å². The molecule has 0 aromatic carbocycles. The van der Waals surface area contributed by atoms with E-state index in [1.807, 2.05) is 0 Å². The van der Waals surface area contributed by atoms with Crippen molar-refractivity contribution in [2.45, 2.75) is 64.3 Å². The van der Waals surface area contributed by atoms with Gasteiger partial charge in [0.2, 0.25) is 5.91 Å². The van der Waals surface area contributed by atoms with Crippen LogP contribution in [0.5, 0.6) is 0 Å². The third-order valence-electron chi connectivity index (χ3n) is 3.93. The number of likely N-dealkylation sites (N-methyl/N-ethyl adjacent to an activating group) is 1. The fourth-order valence-electron chi connectivity index (χ4n) is 2.83. The van der Waals surface area contributed by atoms with Gasteiger partial charge < -0.3 is 4.90 Å². The molecule has 112 valence electrons. The van der Waals surface area contributed by atoms with Gasteiger partial charge in [-0.15, -0.1) is 0 Å². The molecule has 0 saturated carbocycles. The number of alkyl halides is 3. The average molecular weight is 280 g/mol. The molecule has 1 rings (SSSR count). The molecular formula is C13H23F3N2O. The molecule has 0 bridgehead atoms. The zero-order valence-electron chi connectivity index (χ0n) is 12.0. The zero-order valence-corrected chi connectivity index (χ0v) is 12.0. The summed E-state index contributed by atoms with van der Waals surface area (Å²) in [6, 6.07) is 0.265. The van der Waals surface area contributed by atoms with Gasteiger partial charge in [-0.3, -0.25) is 9.69 Å². The third kappa shape index (κ3) is 4.37. The Labute approximate surface area is 112 Å². The van der Waals surface area contributed by atoms with Crippen LogP contribution in [0.3, 0.4) is 0 Å². The second-order valence-corrected chi connectivity index (χ2v) is 5.52. The summed E-state index contributed by atoms with van der Waals surface area (Å²) in [6.45, 7) is 5.63. The molecule has 1 aliphatic rings. The molecule has 1 amide bonds. The highest BCUT2D eigenvalue weighted by Crippen LogP contribution is 2.27. The summed E-state index contributed by atoms with van der Waals surface area (Å²) in [7, 11) is 1.44. The molecule has 3 nitrogen and oxygen atoms in total. The lowest BCUT2D eigenvalue weighted by molar-refractivity contribution is -0.147. The van der Waals surface area contributed by atoms with Crippen molar-refractivity contribution in [3.8, 4) is 0 Å². The van der Waals surface area contributed by atoms with Crippen molar-refractivity contribution >= 4 is 5.91 Å². The first-order valence-electron chi connectivity index (χ1n) is 6.72. The van der Waals surface area contributed by atoms with E-state index in [4.69, 9.17) is 0 Å². The van der Waals surface area contributed by atoms with Gasteiger partial charge in [-0.1, -0.05) is 0 Å². The number of hydrogen-bond donors (Lipinski definition) is 0. The molecule has 1 aliphatic heterocycles. The zero-order chi connectivity index (χ0) is 14.8. The van der Waals surface area contributed by atoms with Crippen LogP contribution in [0.15, 0.2) is 0 Å². The molecule has 0 spiro atoms. The van der Waals surface area contributed by atoms with Gasteiger partial charge in [-0.25, -0.2) is 0 Å². The first kappa shape index (κ1) is 16.3. The van der Waals surface area contributed by atoms with Crippen molar-refractivity contribution in [3.63, 3.8) is 0 Å².